The number of halogens is 10. The number of aromatic nitrogens is 4. The zero-order valence-electron chi connectivity index (χ0n) is 28.9. The van der Waals surface area contributed by atoms with Gasteiger partial charge >= 0.3 is 36.4 Å². The molecule has 6 rings (SSSR count). The highest BCUT2D eigenvalue weighted by molar-refractivity contribution is 6.04. The minimum atomic E-state index is -5.08. The highest BCUT2D eigenvalue weighted by Crippen LogP contribution is 2.30. The number of hydrogen-bond donors (Lipinski definition) is 5. The summed E-state index contributed by atoms with van der Waals surface area (Å²) in [6.45, 7) is 3.15. The molecule has 1 saturated heterocycles. The van der Waals surface area contributed by atoms with Gasteiger partial charge in [0.1, 0.15) is 18.0 Å². The highest BCUT2D eigenvalue weighted by atomic mass is 19.4. The molecule has 0 aliphatic carbocycles. The predicted molar refractivity (Wildman–Crippen MR) is 183 cm³/mol. The summed E-state index contributed by atoms with van der Waals surface area (Å²) >= 11 is 0. The molecule has 5 N–H and O–H groups in total. The molecular weight excluding hydrogens is 808 g/mol. The lowest BCUT2D eigenvalue weighted by atomic mass is 10.1. The molecule has 1 aliphatic rings. The second kappa shape index (κ2) is 19.2. The molecule has 0 atom stereocenters. The van der Waals surface area contributed by atoms with E-state index in [9.17, 15) is 48.7 Å². The smallest absolute Gasteiger partial charge is 0.475 e. The predicted octanol–water partition coefficient (Wildman–Crippen LogP) is 6.64. The van der Waals surface area contributed by atoms with Gasteiger partial charge in [0.05, 0.1) is 17.3 Å². The largest absolute Gasteiger partial charge is 0.490 e. The summed E-state index contributed by atoms with van der Waals surface area (Å²) in [4.78, 5) is 52.9. The van der Waals surface area contributed by atoms with E-state index in [1.54, 1.807) is 24.7 Å². The van der Waals surface area contributed by atoms with Crippen LogP contribution in [-0.4, -0.2) is 104 Å². The minimum absolute atomic E-state index is 0.0227. The van der Waals surface area contributed by atoms with Crippen LogP contribution in [0.1, 0.15) is 10.4 Å². The van der Waals surface area contributed by atoms with Crippen molar-refractivity contribution in [2.75, 3.05) is 41.3 Å². The number of carboxylic acid groups (broad SMARTS) is 3. The molecule has 0 saturated carbocycles. The summed E-state index contributed by atoms with van der Waals surface area (Å²) in [5.41, 5.74) is 4.63. The number of nitrogens with zero attached hydrogens (tertiary/aromatic N) is 5. The van der Waals surface area contributed by atoms with Gasteiger partial charge in [0.25, 0.3) is 5.91 Å². The third-order valence-corrected chi connectivity index (χ3v) is 7.34. The van der Waals surface area contributed by atoms with E-state index in [1.807, 2.05) is 42.6 Å². The number of aliphatic carboxylic acids is 3. The molecule has 1 amide bonds. The summed E-state index contributed by atoms with van der Waals surface area (Å²) in [5.74, 6) is -8.36. The lowest BCUT2D eigenvalue weighted by molar-refractivity contribution is -0.193. The number of nitrogens with one attached hydrogen (secondary N) is 2. The number of hydrogen-bond acceptors (Lipinski definition) is 9. The summed E-state index contributed by atoms with van der Waals surface area (Å²) in [6, 6.07) is 19.8. The zero-order valence-corrected chi connectivity index (χ0v) is 28.9. The van der Waals surface area contributed by atoms with Gasteiger partial charge in [0, 0.05) is 54.7 Å². The molecule has 2 aromatic heterocycles. The monoisotopic (exact) mass is 835 g/mol. The van der Waals surface area contributed by atoms with Crippen molar-refractivity contribution in [1.29, 1.82) is 0 Å². The van der Waals surface area contributed by atoms with E-state index in [2.05, 4.69) is 41.3 Å². The van der Waals surface area contributed by atoms with E-state index in [0.29, 0.717) is 5.69 Å². The van der Waals surface area contributed by atoms with Crippen LogP contribution in [0.5, 0.6) is 0 Å². The first kappa shape index (κ1) is 45.4. The molecule has 58 heavy (non-hydrogen) atoms. The van der Waals surface area contributed by atoms with E-state index in [4.69, 9.17) is 29.7 Å². The van der Waals surface area contributed by atoms with Gasteiger partial charge < -0.3 is 30.4 Å². The minimum Gasteiger partial charge on any atom is -0.475 e. The molecule has 310 valence electrons. The van der Waals surface area contributed by atoms with Crippen LogP contribution in [0, 0.1) is 5.82 Å². The fourth-order valence-electron chi connectivity index (χ4n) is 4.68. The fourth-order valence-corrected chi connectivity index (χ4v) is 4.68. The number of aromatic amines is 1. The number of fused-ring (bicyclic) bond motifs is 1. The first-order chi connectivity index (χ1) is 27.0. The fraction of sp³-hybridized carbons (Fsp3) is 0.206. The number of benzene rings is 3. The van der Waals surface area contributed by atoms with Gasteiger partial charge in [0.2, 0.25) is 0 Å². The molecule has 0 unspecified atom stereocenters. The number of rotatable bonds is 5. The SMILES string of the molecule is O=C(Nc1cccc(N2CCN(c3ncnc4ccc(-c5cn[nH]c5)cc34)CC2)c1)c1ccccc1F.O=C(O)C(F)(F)F.O=C(O)C(F)(F)F.O=C(O)C(F)(F)F. The van der Waals surface area contributed by atoms with E-state index < -0.39 is 48.2 Å². The Labute approximate surface area is 318 Å². The van der Waals surface area contributed by atoms with Crippen LogP contribution < -0.4 is 15.1 Å². The zero-order chi connectivity index (χ0) is 43.4. The van der Waals surface area contributed by atoms with Crippen LogP contribution in [0.4, 0.5) is 61.1 Å². The van der Waals surface area contributed by atoms with Gasteiger partial charge in [-0.1, -0.05) is 24.3 Å². The van der Waals surface area contributed by atoms with Crippen LogP contribution in [0.15, 0.2) is 85.5 Å². The number of carboxylic acids is 3. The Morgan fingerprint density at radius 3 is 1.74 bits per heavy atom. The van der Waals surface area contributed by atoms with Gasteiger partial charge in [-0.3, -0.25) is 9.89 Å². The average molecular weight is 836 g/mol. The van der Waals surface area contributed by atoms with Crippen LogP contribution in [0.3, 0.4) is 0 Å². The van der Waals surface area contributed by atoms with E-state index >= 15 is 0 Å². The molecular formula is C34H27F10N7O7. The third kappa shape index (κ3) is 13.3. The number of carbonyl (C=O) groups excluding carboxylic acids is 1. The molecule has 3 heterocycles. The summed E-state index contributed by atoms with van der Waals surface area (Å²) in [5, 5.41) is 32.1. The van der Waals surface area contributed by atoms with Gasteiger partial charge in [-0.15, -0.1) is 0 Å². The van der Waals surface area contributed by atoms with Crippen molar-refractivity contribution in [2.24, 2.45) is 0 Å². The second-order valence-corrected chi connectivity index (χ2v) is 11.3. The maximum Gasteiger partial charge on any atom is 0.490 e. The first-order valence-corrected chi connectivity index (χ1v) is 15.8. The standard InChI is InChI=1S/C28H24FN7O.3C2HF3O2/c29-25-7-2-1-6-23(25)28(37)34-21-4-3-5-22(15-21)35-10-12-36(13-11-35)27-24-14-19(20-16-32-33-17-20)8-9-26(24)30-18-31-27;3*3-2(4,5)1(6)7/h1-9,14-18H,10-13H2,(H,32,33)(H,34,37);3*(H,6,7). The Balaban J connectivity index is 0.000000353. The number of H-pyrrole nitrogens is 1. The van der Waals surface area contributed by atoms with Crippen molar-refractivity contribution < 1.29 is 78.4 Å². The van der Waals surface area contributed by atoms with Crippen LogP contribution in [-0.2, 0) is 14.4 Å². The van der Waals surface area contributed by atoms with Crippen LogP contribution in [0.2, 0.25) is 0 Å². The van der Waals surface area contributed by atoms with E-state index in [0.717, 1.165) is 59.7 Å². The van der Waals surface area contributed by atoms with E-state index in [1.165, 1.54) is 12.1 Å². The number of piperazine rings is 1. The second-order valence-electron chi connectivity index (χ2n) is 11.3. The summed E-state index contributed by atoms with van der Waals surface area (Å²) in [6.07, 6.45) is -9.96. The lowest BCUT2D eigenvalue weighted by Crippen LogP contribution is -2.47. The van der Waals surface area contributed by atoms with Crippen molar-refractivity contribution in [1.82, 2.24) is 20.2 Å². The van der Waals surface area contributed by atoms with Gasteiger partial charge in [-0.2, -0.15) is 44.6 Å². The molecule has 0 spiro atoms. The van der Waals surface area contributed by atoms with Gasteiger partial charge in [-0.05, 0) is 48.0 Å². The van der Waals surface area contributed by atoms with Gasteiger partial charge in [-0.25, -0.2) is 28.7 Å². The van der Waals surface area contributed by atoms with Crippen molar-refractivity contribution in [3.63, 3.8) is 0 Å². The van der Waals surface area contributed by atoms with Crippen molar-refractivity contribution in [3.8, 4) is 11.1 Å². The maximum absolute atomic E-state index is 14.0. The lowest BCUT2D eigenvalue weighted by Gasteiger charge is -2.37. The topological polar surface area (TPSA) is 202 Å². The van der Waals surface area contributed by atoms with Crippen LogP contribution >= 0.6 is 0 Å². The molecule has 1 fully saturated rings. The normalized spacial score (nSPS) is 12.8. The molecule has 14 nitrogen and oxygen atoms in total. The van der Waals surface area contributed by atoms with E-state index in [-0.39, 0.29) is 5.56 Å². The maximum atomic E-state index is 14.0. The molecule has 5 aromatic rings. The Hall–Kier alpha value is -7.01. The molecule has 3 aromatic carbocycles. The summed E-state index contributed by atoms with van der Waals surface area (Å²) in [7, 11) is 0. The van der Waals surface area contributed by atoms with Crippen molar-refractivity contribution >= 4 is 51.9 Å². The Morgan fingerprint density at radius 1 is 0.672 bits per heavy atom. The first-order valence-electron chi connectivity index (χ1n) is 15.8. The number of anilines is 3. The summed E-state index contributed by atoms with van der Waals surface area (Å²) < 4.78 is 109. The Kier molecular flexibility index (Phi) is 15.0. The number of alkyl halides is 9. The molecule has 0 radical (unpaired) electrons. The molecule has 0 bridgehead atoms. The number of carbonyl (C=O) groups is 4. The van der Waals surface area contributed by atoms with Gasteiger partial charge in [0.15, 0.2) is 0 Å². The van der Waals surface area contributed by atoms with Crippen molar-refractivity contribution in [3.05, 3.63) is 96.8 Å². The van der Waals surface area contributed by atoms with Crippen molar-refractivity contribution in [2.45, 2.75) is 18.5 Å². The average Bonchev–Trinajstić information content (AvgIpc) is 3.70. The Morgan fingerprint density at radius 2 is 1.22 bits per heavy atom. The highest BCUT2D eigenvalue weighted by Gasteiger charge is 2.39. The van der Waals surface area contributed by atoms with Crippen LogP contribution in [0.25, 0.3) is 22.0 Å². The Bertz CT molecular complexity index is 2130. The molecule has 1 aliphatic heterocycles. The quantitative estimate of drug-likeness (QED) is 0.118. The molecule has 24 heteroatoms. The third-order valence-electron chi connectivity index (χ3n) is 7.34. The number of amides is 1.